The van der Waals surface area contributed by atoms with Crippen LogP contribution in [0.4, 0.5) is 4.39 Å². The summed E-state index contributed by atoms with van der Waals surface area (Å²) < 4.78 is 13.0. The number of hydrogen-bond donors (Lipinski definition) is 1. The van der Waals surface area contributed by atoms with Crippen molar-refractivity contribution in [3.63, 3.8) is 0 Å². The first-order valence-corrected chi connectivity index (χ1v) is 7.06. The molecule has 1 unspecified atom stereocenters. The molecule has 0 saturated carbocycles. The smallest absolute Gasteiger partial charge is 0.166 e. The molecule has 1 heterocycles. The molecule has 1 atom stereocenters. The van der Waals surface area contributed by atoms with Crippen LogP contribution in [0.25, 0.3) is 0 Å². The molecule has 0 fully saturated rings. The summed E-state index contributed by atoms with van der Waals surface area (Å²) in [5, 5.41) is 0. The van der Waals surface area contributed by atoms with E-state index in [1.807, 2.05) is 0 Å². The minimum atomic E-state index is -0.275. The molecule has 1 aliphatic rings. The third kappa shape index (κ3) is 2.53. The fourth-order valence-electron chi connectivity index (χ4n) is 3.03. The van der Waals surface area contributed by atoms with Crippen molar-refractivity contribution in [3.8, 4) is 0 Å². The summed E-state index contributed by atoms with van der Waals surface area (Å²) in [6.07, 6.45) is 3.51. The Labute approximate surface area is 122 Å². The molecule has 21 heavy (non-hydrogen) atoms. The summed E-state index contributed by atoms with van der Waals surface area (Å²) in [4.78, 5) is 27.2. The largest absolute Gasteiger partial charge is 0.364 e. The number of Topliss-reactive ketones (excluding diaryl/α,β-unsaturated/α-hetero) is 2. The molecular formula is C17H16FNO2. The van der Waals surface area contributed by atoms with Gasteiger partial charge in [-0.25, -0.2) is 4.39 Å². The molecule has 2 aromatic rings. The molecule has 0 saturated heterocycles. The number of aryl methyl sites for hydroxylation is 1. The van der Waals surface area contributed by atoms with E-state index in [0.717, 1.165) is 24.1 Å². The number of rotatable bonds is 2. The quantitative estimate of drug-likeness (QED) is 0.676. The number of benzene rings is 1. The standard InChI is InChI=1S/C17H16FNO2/c1-10(20)14-9-19-15-7-4-12(8-16(21)17(14)15)11-2-5-13(18)6-3-11/h2-3,5-6,9,12,19H,4,7-8H2,1H3. The highest BCUT2D eigenvalue weighted by Gasteiger charge is 2.28. The molecule has 0 bridgehead atoms. The fourth-order valence-corrected chi connectivity index (χ4v) is 3.03. The first kappa shape index (κ1) is 13.7. The van der Waals surface area contributed by atoms with Crippen molar-refractivity contribution in [2.75, 3.05) is 0 Å². The van der Waals surface area contributed by atoms with Gasteiger partial charge in [0.15, 0.2) is 11.6 Å². The highest BCUT2D eigenvalue weighted by atomic mass is 19.1. The number of H-pyrrole nitrogens is 1. The lowest BCUT2D eigenvalue weighted by Gasteiger charge is -2.13. The Morgan fingerprint density at radius 2 is 2.00 bits per heavy atom. The van der Waals surface area contributed by atoms with Gasteiger partial charge in [-0.3, -0.25) is 9.59 Å². The predicted molar refractivity (Wildman–Crippen MR) is 77.2 cm³/mol. The van der Waals surface area contributed by atoms with Gasteiger partial charge >= 0.3 is 0 Å². The number of halogens is 1. The number of carbonyl (C=O) groups is 2. The third-order valence-corrected chi connectivity index (χ3v) is 4.14. The summed E-state index contributed by atoms with van der Waals surface area (Å²) in [6, 6.07) is 6.31. The van der Waals surface area contributed by atoms with Crippen LogP contribution in [-0.2, 0) is 6.42 Å². The maximum Gasteiger partial charge on any atom is 0.166 e. The average Bonchev–Trinajstić information content (AvgIpc) is 2.81. The van der Waals surface area contributed by atoms with Gasteiger partial charge in [0.25, 0.3) is 0 Å². The summed E-state index contributed by atoms with van der Waals surface area (Å²) in [5.41, 5.74) is 2.84. The van der Waals surface area contributed by atoms with Gasteiger partial charge in [-0.1, -0.05) is 12.1 Å². The molecule has 0 amide bonds. The van der Waals surface area contributed by atoms with Crippen LogP contribution in [-0.4, -0.2) is 16.6 Å². The molecule has 1 aromatic heterocycles. The van der Waals surface area contributed by atoms with Gasteiger partial charge < -0.3 is 4.98 Å². The molecular weight excluding hydrogens is 269 g/mol. The monoisotopic (exact) mass is 285 g/mol. The Morgan fingerprint density at radius 1 is 1.29 bits per heavy atom. The van der Waals surface area contributed by atoms with E-state index in [-0.39, 0.29) is 23.3 Å². The zero-order valence-electron chi connectivity index (χ0n) is 11.8. The van der Waals surface area contributed by atoms with Crippen LogP contribution in [0.15, 0.2) is 30.5 Å². The van der Waals surface area contributed by atoms with Crippen LogP contribution >= 0.6 is 0 Å². The lowest BCUT2D eigenvalue weighted by atomic mass is 9.90. The van der Waals surface area contributed by atoms with Crippen LogP contribution in [0.2, 0.25) is 0 Å². The van der Waals surface area contributed by atoms with E-state index in [1.54, 1.807) is 18.3 Å². The second-order valence-electron chi connectivity index (χ2n) is 5.53. The minimum Gasteiger partial charge on any atom is -0.364 e. The Hall–Kier alpha value is -2.23. The molecule has 1 N–H and O–H groups in total. The van der Waals surface area contributed by atoms with Crippen molar-refractivity contribution < 1.29 is 14.0 Å². The van der Waals surface area contributed by atoms with E-state index >= 15 is 0 Å². The van der Waals surface area contributed by atoms with E-state index in [1.165, 1.54) is 19.1 Å². The van der Waals surface area contributed by atoms with E-state index in [0.29, 0.717) is 17.5 Å². The van der Waals surface area contributed by atoms with Crippen LogP contribution < -0.4 is 0 Å². The second-order valence-corrected chi connectivity index (χ2v) is 5.53. The first-order chi connectivity index (χ1) is 10.1. The van der Waals surface area contributed by atoms with Gasteiger partial charge in [0.1, 0.15) is 5.82 Å². The van der Waals surface area contributed by atoms with Crippen molar-refractivity contribution in [1.29, 1.82) is 0 Å². The topological polar surface area (TPSA) is 49.9 Å². The Morgan fingerprint density at radius 3 is 2.67 bits per heavy atom. The predicted octanol–water partition coefficient (Wildman–Crippen LogP) is 3.66. The maximum absolute atomic E-state index is 13.0. The summed E-state index contributed by atoms with van der Waals surface area (Å²) >= 11 is 0. The van der Waals surface area contributed by atoms with Gasteiger partial charge in [0.05, 0.1) is 0 Å². The zero-order valence-corrected chi connectivity index (χ0v) is 11.8. The van der Waals surface area contributed by atoms with Crippen LogP contribution in [0.3, 0.4) is 0 Å². The van der Waals surface area contributed by atoms with Crippen molar-refractivity contribution in [2.24, 2.45) is 0 Å². The highest BCUT2D eigenvalue weighted by molar-refractivity contribution is 6.09. The molecule has 0 aliphatic heterocycles. The third-order valence-electron chi connectivity index (χ3n) is 4.14. The van der Waals surface area contributed by atoms with Gasteiger partial charge in [-0.15, -0.1) is 0 Å². The number of aromatic nitrogens is 1. The molecule has 0 spiro atoms. The lowest BCUT2D eigenvalue weighted by molar-refractivity contribution is 0.0957. The molecule has 1 aromatic carbocycles. The van der Waals surface area contributed by atoms with Crippen molar-refractivity contribution in [1.82, 2.24) is 4.98 Å². The second kappa shape index (κ2) is 5.28. The minimum absolute atomic E-state index is 0.0109. The van der Waals surface area contributed by atoms with Gasteiger partial charge in [0, 0.05) is 29.4 Å². The number of nitrogens with one attached hydrogen (secondary N) is 1. The number of hydrogen-bond acceptors (Lipinski definition) is 2. The molecule has 1 aliphatic carbocycles. The van der Waals surface area contributed by atoms with Crippen LogP contribution in [0.1, 0.15) is 57.7 Å². The number of aromatic amines is 1. The van der Waals surface area contributed by atoms with Crippen LogP contribution in [0.5, 0.6) is 0 Å². The highest BCUT2D eigenvalue weighted by Crippen LogP contribution is 2.33. The average molecular weight is 285 g/mol. The molecule has 0 radical (unpaired) electrons. The van der Waals surface area contributed by atoms with E-state index in [4.69, 9.17) is 0 Å². The van der Waals surface area contributed by atoms with Gasteiger partial charge in [0.2, 0.25) is 0 Å². The Kier molecular flexibility index (Phi) is 3.45. The van der Waals surface area contributed by atoms with Crippen LogP contribution in [0, 0.1) is 5.82 Å². The van der Waals surface area contributed by atoms with Crippen molar-refractivity contribution >= 4 is 11.6 Å². The molecule has 108 valence electrons. The SMILES string of the molecule is CC(=O)c1c[nH]c2c1C(=O)CC(c1ccc(F)cc1)CC2. The normalized spacial score (nSPS) is 18.2. The molecule has 3 rings (SSSR count). The fraction of sp³-hybridized carbons (Fsp3) is 0.294. The van der Waals surface area contributed by atoms with Gasteiger partial charge in [-0.2, -0.15) is 0 Å². The molecule has 4 heteroatoms. The van der Waals surface area contributed by atoms with Crippen molar-refractivity contribution in [3.05, 3.63) is 58.7 Å². The van der Waals surface area contributed by atoms with E-state index in [2.05, 4.69) is 4.98 Å². The van der Waals surface area contributed by atoms with Gasteiger partial charge in [-0.05, 0) is 43.4 Å². The lowest BCUT2D eigenvalue weighted by Crippen LogP contribution is -2.08. The number of fused-ring (bicyclic) bond motifs is 1. The summed E-state index contributed by atoms with van der Waals surface area (Å²) in [5.74, 6) is -0.314. The molecule has 3 nitrogen and oxygen atoms in total. The van der Waals surface area contributed by atoms with E-state index < -0.39 is 0 Å². The number of ketones is 2. The summed E-state index contributed by atoms with van der Waals surface area (Å²) in [7, 11) is 0. The first-order valence-electron chi connectivity index (χ1n) is 7.06. The van der Waals surface area contributed by atoms with E-state index in [9.17, 15) is 14.0 Å². The Balaban J connectivity index is 1.91. The zero-order chi connectivity index (χ0) is 15.0. The Bertz CT molecular complexity index is 700. The maximum atomic E-state index is 13.0. The number of carbonyl (C=O) groups excluding carboxylic acids is 2. The van der Waals surface area contributed by atoms with Crippen molar-refractivity contribution in [2.45, 2.75) is 32.1 Å². The summed E-state index contributed by atoms with van der Waals surface area (Å²) in [6.45, 7) is 1.47.